The van der Waals surface area contributed by atoms with E-state index >= 15 is 0 Å². The molecule has 1 aromatic carbocycles. The molecule has 2 aromatic heterocycles. The normalized spacial score (nSPS) is 18.8. The Kier molecular flexibility index (Phi) is 5.05. The lowest BCUT2D eigenvalue weighted by atomic mass is 10.0. The predicted octanol–water partition coefficient (Wildman–Crippen LogP) is 4.11. The monoisotopic (exact) mass is 442 g/mol. The standard InChI is InChI=1S/C19H18F4N4O2S/c1-12-10-17(19(21,22)23)27-18(24-12)11-15(25-27)16-4-2-3-9-26(16)30(28,29)14-7-5-13(20)6-8-14/h5-8,10-11,16H,2-4,9H2,1H3. The van der Waals surface area contributed by atoms with Crippen LogP contribution in [0.3, 0.4) is 0 Å². The molecule has 6 nitrogen and oxygen atoms in total. The van der Waals surface area contributed by atoms with Crippen molar-refractivity contribution in [2.24, 2.45) is 0 Å². The van der Waals surface area contributed by atoms with E-state index in [0.717, 1.165) is 18.2 Å². The lowest BCUT2D eigenvalue weighted by Gasteiger charge is -2.33. The van der Waals surface area contributed by atoms with Crippen LogP contribution in [0.25, 0.3) is 5.65 Å². The van der Waals surface area contributed by atoms with E-state index in [0.29, 0.717) is 23.8 Å². The summed E-state index contributed by atoms with van der Waals surface area (Å²) in [4.78, 5) is 4.03. The second-order valence-electron chi connectivity index (χ2n) is 7.20. The molecule has 0 aliphatic carbocycles. The van der Waals surface area contributed by atoms with Crippen LogP contribution in [0.2, 0.25) is 0 Å². The Morgan fingerprint density at radius 1 is 1.10 bits per heavy atom. The van der Waals surface area contributed by atoms with Gasteiger partial charge in [0.1, 0.15) is 11.5 Å². The molecule has 3 aromatic rings. The number of hydrogen-bond donors (Lipinski definition) is 0. The van der Waals surface area contributed by atoms with E-state index in [1.165, 1.54) is 29.4 Å². The molecule has 0 N–H and O–H groups in total. The maximum absolute atomic E-state index is 13.4. The lowest BCUT2D eigenvalue weighted by Crippen LogP contribution is -2.38. The van der Waals surface area contributed by atoms with Crippen molar-refractivity contribution in [3.05, 3.63) is 59.3 Å². The summed E-state index contributed by atoms with van der Waals surface area (Å²) in [6.45, 7) is 1.64. The van der Waals surface area contributed by atoms with Crippen molar-refractivity contribution in [3.63, 3.8) is 0 Å². The highest BCUT2D eigenvalue weighted by Gasteiger charge is 2.38. The number of aryl methyl sites for hydroxylation is 1. The van der Waals surface area contributed by atoms with Gasteiger partial charge in [0.25, 0.3) is 0 Å². The van der Waals surface area contributed by atoms with E-state index in [4.69, 9.17) is 0 Å². The van der Waals surface area contributed by atoms with Crippen molar-refractivity contribution in [1.29, 1.82) is 0 Å². The molecule has 4 rings (SSSR count). The first-order valence-electron chi connectivity index (χ1n) is 9.29. The molecular formula is C19H18F4N4O2S. The summed E-state index contributed by atoms with van der Waals surface area (Å²) in [5.41, 5.74) is -0.591. The summed E-state index contributed by atoms with van der Waals surface area (Å²) in [6, 6.07) is 6.01. The molecule has 160 valence electrons. The largest absolute Gasteiger partial charge is 0.433 e. The van der Waals surface area contributed by atoms with Crippen LogP contribution in [-0.2, 0) is 16.2 Å². The van der Waals surface area contributed by atoms with E-state index in [1.54, 1.807) is 0 Å². The maximum atomic E-state index is 13.4. The van der Waals surface area contributed by atoms with Crippen molar-refractivity contribution in [3.8, 4) is 0 Å². The number of hydrogen-bond acceptors (Lipinski definition) is 4. The maximum Gasteiger partial charge on any atom is 0.433 e. The number of nitrogens with zero attached hydrogens (tertiary/aromatic N) is 4. The summed E-state index contributed by atoms with van der Waals surface area (Å²) < 4.78 is 81.8. The van der Waals surface area contributed by atoms with Crippen LogP contribution in [0.15, 0.2) is 41.3 Å². The van der Waals surface area contributed by atoms with Crippen LogP contribution in [-0.4, -0.2) is 33.9 Å². The van der Waals surface area contributed by atoms with E-state index in [9.17, 15) is 26.0 Å². The number of sulfonamides is 1. The van der Waals surface area contributed by atoms with Gasteiger partial charge in [-0.3, -0.25) is 0 Å². The van der Waals surface area contributed by atoms with Crippen LogP contribution < -0.4 is 0 Å². The summed E-state index contributed by atoms with van der Waals surface area (Å²) in [5.74, 6) is -0.564. The summed E-state index contributed by atoms with van der Waals surface area (Å²) >= 11 is 0. The molecule has 1 fully saturated rings. The van der Waals surface area contributed by atoms with Gasteiger partial charge in [0.05, 0.1) is 16.6 Å². The molecule has 0 spiro atoms. The third-order valence-corrected chi connectivity index (χ3v) is 7.00. The van der Waals surface area contributed by atoms with Gasteiger partial charge in [-0.25, -0.2) is 22.3 Å². The fraction of sp³-hybridized carbons (Fsp3) is 0.368. The van der Waals surface area contributed by atoms with Gasteiger partial charge in [-0.15, -0.1) is 0 Å². The predicted molar refractivity (Wildman–Crippen MR) is 99.6 cm³/mol. The molecule has 1 saturated heterocycles. The zero-order valence-electron chi connectivity index (χ0n) is 15.9. The first kappa shape index (κ1) is 20.7. The average Bonchev–Trinajstić information content (AvgIpc) is 3.10. The van der Waals surface area contributed by atoms with E-state index in [2.05, 4.69) is 10.1 Å². The van der Waals surface area contributed by atoms with Gasteiger partial charge in [0, 0.05) is 18.3 Å². The highest BCUT2D eigenvalue weighted by atomic mass is 32.2. The number of fused-ring (bicyclic) bond motifs is 1. The molecule has 0 amide bonds. The molecule has 3 heterocycles. The topological polar surface area (TPSA) is 67.6 Å². The molecule has 0 bridgehead atoms. The van der Waals surface area contributed by atoms with Gasteiger partial charge in [0.15, 0.2) is 5.65 Å². The van der Waals surface area contributed by atoms with E-state index in [1.807, 2.05) is 0 Å². The first-order valence-corrected chi connectivity index (χ1v) is 10.7. The van der Waals surface area contributed by atoms with Crippen molar-refractivity contribution in [2.45, 2.75) is 43.3 Å². The zero-order valence-corrected chi connectivity index (χ0v) is 16.7. The Labute approximate surface area is 170 Å². The third-order valence-electron chi connectivity index (χ3n) is 5.08. The molecule has 1 aliphatic heterocycles. The minimum Gasteiger partial charge on any atom is -0.234 e. The highest BCUT2D eigenvalue weighted by molar-refractivity contribution is 7.89. The molecular weight excluding hydrogens is 424 g/mol. The number of halogens is 4. The molecule has 1 unspecified atom stereocenters. The summed E-state index contributed by atoms with van der Waals surface area (Å²) in [7, 11) is -3.99. The van der Waals surface area contributed by atoms with Crippen LogP contribution in [0.4, 0.5) is 17.6 Å². The van der Waals surface area contributed by atoms with Crippen LogP contribution in [0.1, 0.15) is 42.4 Å². The Bertz CT molecular complexity index is 1190. The molecule has 1 atom stereocenters. The second kappa shape index (κ2) is 7.31. The number of rotatable bonds is 3. The molecule has 30 heavy (non-hydrogen) atoms. The first-order chi connectivity index (χ1) is 14.1. The minimum atomic E-state index is -4.64. The van der Waals surface area contributed by atoms with Gasteiger partial charge in [-0.05, 0) is 50.1 Å². The fourth-order valence-electron chi connectivity index (χ4n) is 3.71. The van der Waals surface area contributed by atoms with Crippen molar-refractivity contribution in [1.82, 2.24) is 18.9 Å². The van der Waals surface area contributed by atoms with Crippen LogP contribution >= 0.6 is 0 Å². The minimum absolute atomic E-state index is 0.00188. The lowest BCUT2D eigenvalue weighted by molar-refractivity contribution is -0.142. The summed E-state index contributed by atoms with van der Waals surface area (Å²) in [6.07, 6.45) is -2.92. The Morgan fingerprint density at radius 3 is 2.47 bits per heavy atom. The van der Waals surface area contributed by atoms with Crippen LogP contribution in [0, 0.1) is 12.7 Å². The average molecular weight is 442 g/mol. The van der Waals surface area contributed by atoms with Gasteiger partial charge < -0.3 is 0 Å². The van der Waals surface area contributed by atoms with E-state index < -0.39 is 33.8 Å². The summed E-state index contributed by atoms with van der Waals surface area (Å²) in [5, 5.41) is 4.08. The number of piperidine rings is 1. The SMILES string of the molecule is Cc1cc(C(F)(F)F)n2nc(C3CCCCN3S(=O)(=O)c3ccc(F)cc3)cc2n1. The third kappa shape index (κ3) is 3.67. The second-order valence-corrected chi connectivity index (χ2v) is 9.09. The fourth-order valence-corrected chi connectivity index (χ4v) is 5.38. The van der Waals surface area contributed by atoms with Gasteiger partial charge in [-0.2, -0.15) is 22.6 Å². The zero-order chi connectivity index (χ0) is 21.7. The van der Waals surface area contributed by atoms with E-state index in [-0.39, 0.29) is 28.5 Å². The van der Waals surface area contributed by atoms with Gasteiger partial charge in [-0.1, -0.05) is 6.42 Å². The molecule has 1 aliphatic rings. The highest BCUT2D eigenvalue weighted by Crippen LogP contribution is 2.36. The Hall–Kier alpha value is -2.53. The number of alkyl halides is 3. The van der Waals surface area contributed by atoms with Crippen LogP contribution in [0.5, 0.6) is 0 Å². The van der Waals surface area contributed by atoms with Crippen molar-refractivity contribution < 1.29 is 26.0 Å². The molecule has 0 radical (unpaired) electrons. The molecule has 11 heteroatoms. The van der Waals surface area contributed by atoms with Crippen molar-refractivity contribution >= 4 is 15.7 Å². The molecule has 0 saturated carbocycles. The number of benzene rings is 1. The van der Waals surface area contributed by atoms with Gasteiger partial charge >= 0.3 is 6.18 Å². The Balaban J connectivity index is 1.80. The van der Waals surface area contributed by atoms with Crippen molar-refractivity contribution in [2.75, 3.05) is 6.54 Å². The Morgan fingerprint density at radius 2 is 1.80 bits per heavy atom. The quantitative estimate of drug-likeness (QED) is 0.573. The number of aromatic nitrogens is 3. The smallest absolute Gasteiger partial charge is 0.234 e. The van der Waals surface area contributed by atoms with Gasteiger partial charge in [0.2, 0.25) is 10.0 Å².